The van der Waals surface area contributed by atoms with Crippen LogP contribution in [0.1, 0.15) is 26.3 Å². The third-order valence-corrected chi connectivity index (χ3v) is 4.20. The fourth-order valence-electron chi connectivity index (χ4n) is 2.09. The van der Waals surface area contributed by atoms with Crippen LogP contribution in [0.4, 0.5) is 0 Å². The van der Waals surface area contributed by atoms with E-state index in [0.717, 1.165) is 5.75 Å². The van der Waals surface area contributed by atoms with Gasteiger partial charge in [0.05, 0.1) is 0 Å². The van der Waals surface area contributed by atoms with E-state index in [1.54, 1.807) is 59.3 Å². The summed E-state index contributed by atoms with van der Waals surface area (Å²) in [6.07, 6.45) is 0. The van der Waals surface area contributed by atoms with Crippen LogP contribution in [0.15, 0.2) is 91.0 Å². The Morgan fingerprint density at radius 3 is 1.36 bits per heavy atom. The highest BCUT2D eigenvalue weighted by Gasteiger charge is 2.16. The van der Waals surface area contributed by atoms with E-state index >= 15 is 0 Å². The molecule has 4 heteroatoms. The molecule has 0 saturated heterocycles. The number of carbonyl (C=O) groups excluding carboxylic acids is 2. The minimum Gasteiger partial charge on any atom is -0.285 e. The second-order valence-corrected chi connectivity index (χ2v) is 6.47. The molecule has 0 atom stereocenters. The number of Topliss-reactive ketones (excluding diaryl/α,β-unsaturated/α-hetero) is 2. The van der Waals surface area contributed by atoms with Gasteiger partial charge in [-0.25, -0.2) is 0 Å². The molecule has 3 rings (SSSR count). The lowest BCUT2D eigenvalue weighted by Gasteiger charge is -1.99. The SMILES string of the molecule is O=C(C(=O)c1ccccc1)c1ccccc1.SSCc1ccccc1. The molecule has 0 aliphatic carbocycles. The Bertz CT molecular complexity index is 738. The number of hydrogen-bond acceptors (Lipinski definition) is 4. The molecule has 3 aromatic carbocycles. The molecule has 0 spiro atoms. The van der Waals surface area contributed by atoms with Gasteiger partial charge in [-0.2, -0.15) is 0 Å². The molecule has 0 bridgehead atoms. The highest BCUT2D eigenvalue weighted by molar-refractivity contribution is 8.68. The van der Waals surface area contributed by atoms with Gasteiger partial charge in [0.25, 0.3) is 0 Å². The molecular formula is C21H18O2S2. The zero-order chi connectivity index (χ0) is 17.9. The Hall–Kier alpha value is -2.30. The van der Waals surface area contributed by atoms with Gasteiger partial charge in [-0.3, -0.25) is 9.59 Å². The fraction of sp³-hybridized carbons (Fsp3) is 0.0476. The van der Waals surface area contributed by atoms with E-state index in [0.29, 0.717) is 11.1 Å². The van der Waals surface area contributed by atoms with Crippen LogP contribution in [0, 0.1) is 0 Å². The fourth-order valence-corrected chi connectivity index (χ4v) is 2.88. The molecule has 126 valence electrons. The number of hydrogen-bond donors (Lipinski definition) is 1. The minimum absolute atomic E-state index is 0.427. The summed E-state index contributed by atoms with van der Waals surface area (Å²) in [5, 5.41) is 0. The molecule has 0 fully saturated rings. The van der Waals surface area contributed by atoms with E-state index in [4.69, 9.17) is 0 Å². The van der Waals surface area contributed by atoms with Crippen LogP contribution in [-0.2, 0) is 5.75 Å². The Morgan fingerprint density at radius 1 is 0.640 bits per heavy atom. The lowest BCUT2D eigenvalue weighted by atomic mass is 10.0. The summed E-state index contributed by atoms with van der Waals surface area (Å²) < 4.78 is 0. The summed E-state index contributed by atoms with van der Waals surface area (Å²) in [7, 11) is 1.55. The van der Waals surface area contributed by atoms with Crippen molar-refractivity contribution in [1.82, 2.24) is 0 Å². The average molecular weight is 367 g/mol. The summed E-state index contributed by atoms with van der Waals surface area (Å²) >= 11 is 4.05. The molecule has 3 aromatic rings. The summed E-state index contributed by atoms with van der Waals surface area (Å²) in [5.41, 5.74) is 2.19. The Morgan fingerprint density at radius 2 is 1.00 bits per heavy atom. The summed E-state index contributed by atoms with van der Waals surface area (Å²) in [6, 6.07) is 27.5. The first kappa shape index (κ1) is 19.0. The molecule has 0 heterocycles. The summed E-state index contributed by atoms with van der Waals surface area (Å²) in [4.78, 5) is 23.6. The van der Waals surface area contributed by atoms with Crippen LogP contribution < -0.4 is 0 Å². The number of carbonyl (C=O) groups is 2. The quantitative estimate of drug-likeness (QED) is 0.279. The van der Waals surface area contributed by atoms with E-state index in [1.807, 2.05) is 30.3 Å². The highest BCUT2D eigenvalue weighted by Crippen LogP contribution is 2.13. The first-order valence-electron chi connectivity index (χ1n) is 7.72. The Balaban J connectivity index is 0.000000212. The van der Waals surface area contributed by atoms with Gasteiger partial charge in [0.1, 0.15) is 0 Å². The van der Waals surface area contributed by atoms with Gasteiger partial charge in [0, 0.05) is 16.9 Å². The van der Waals surface area contributed by atoms with E-state index in [9.17, 15) is 9.59 Å². The van der Waals surface area contributed by atoms with Crippen molar-refractivity contribution in [2.45, 2.75) is 5.75 Å². The molecule has 0 aromatic heterocycles. The van der Waals surface area contributed by atoms with E-state index in [2.05, 4.69) is 23.8 Å². The zero-order valence-corrected chi connectivity index (χ0v) is 15.3. The third-order valence-electron chi connectivity index (χ3n) is 3.35. The molecule has 0 aliphatic rings. The molecule has 0 aliphatic heterocycles. The highest BCUT2D eigenvalue weighted by atomic mass is 33.1. The smallest absolute Gasteiger partial charge is 0.233 e. The zero-order valence-electron chi connectivity index (χ0n) is 13.5. The maximum Gasteiger partial charge on any atom is 0.233 e. The van der Waals surface area contributed by atoms with Crippen LogP contribution in [0.25, 0.3) is 0 Å². The maximum atomic E-state index is 11.8. The topological polar surface area (TPSA) is 34.1 Å². The van der Waals surface area contributed by atoms with Gasteiger partial charge in [-0.1, -0.05) is 102 Å². The molecule has 0 N–H and O–H groups in total. The molecule has 2 nitrogen and oxygen atoms in total. The largest absolute Gasteiger partial charge is 0.285 e. The van der Waals surface area contributed by atoms with Crippen molar-refractivity contribution in [2.24, 2.45) is 0 Å². The lowest BCUT2D eigenvalue weighted by Crippen LogP contribution is -2.14. The van der Waals surface area contributed by atoms with Gasteiger partial charge >= 0.3 is 0 Å². The number of benzene rings is 3. The number of ketones is 2. The molecule has 0 unspecified atom stereocenters. The molecule has 0 saturated carbocycles. The Labute approximate surface area is 157 Å². The summed E-state index contributed by atoms with van der Waals surface area (Å²) in [6.45, 7) is 0. The van der Waals surface area contributed by atoms with Crippen molar-refractivity contribution in [1.29, 1.82) is 0 Å². The molecule has 0 amide bonds. The van der Waals surface area contributed by atoms with Crippen molar-refractivity contribution < 1.29 is 9.59 Å². The predicted octanol–water partition coefficient (Wildman–Crippen LogP) is 5.52. The summed E-state index contributed by atoms with van der Waals surface area (Å²) in [5.74, 6) is 0.0582. The van der Waals surface area contributed by atoms with Crippen LogP contribution >= 0.6 is 22.5 Å². The normalized spacial score (nSPS) is 9.64. The number of rotatable bonds is 5. The standard InChI is InChI=1S/C14H10O2.C7H8S2/c15-13(11-7-3-1-4-8-11)14(16)12-9-5-2-6-10-12;8-9-6-7-4-2-1-3-5-7/h1-10H;1-5,8H,6H2. The van der Waals surface area contributed by atoms with Crippen LogP contribution in [0.2, 0.25) is 0 Å². The van der Waals surface area contributed by atoms with E-state index < -0.39 is 11.6 Å². The van der Waals surface area contributed by atoms with Gasteiger partial charge in [-0.15, -0.1) is 11.7 Å². The van der Waals surface area contributed by atoms with Crippen molar-refractivity contribution >= 4 is 34.0 Å². The maximum absolute atomic E-state index is 11.8. The van der Waals surface area contributed by atoms with Crippen LogP contribution in [-0.4, -0.2) is 11.6 Å². The average Bonchev–Trinajstić information content (AvgIpc) is 2.70. The number of thiol groups is 1. The Kier molecular flexibility index (Phi) is 8.02. The van der Waals surface area contributed by atoms with Crippen molar-refractivity contribution in [3.8, 4) is 0 Å². The van der Waals surface area contributed by atoms with Gasteiger partial charge in [-0.05, 0) is 5.56 Å². The monoisotopic (exact) mass is 366 g/mol. The van der Waals surface area contributed by atoms with Gasteiger partial charge in [0.15, 0.2) is 0 Å². The lowest BCUT2D eigenvalue weighted by molar-refractivity contribution is 0.0817. The molecule has 0 radical (unpaired) electrons. The third kappa shape index (κ3) is 6.25. The van der Waals surface area contributed by atoms with Crippen molar-refractivity contribution in [3.63, 3.8) is 0 Å². The van der Waals surface area contributed by atoms with Crippen LogP contribution in [0.3, 0.4) is 0 Å². The van der Waals surface area contributed by atoms with Crippen molar-refractivity contribution in [3.05, 3.63) is 108 Å². The minimum atomic E-state index is -0.466. The van der Waals surface area contributed by atoms with E-state index in [-0.39, 0.29) is 0 Å². The first-order valence-corrected chi connectivity index (χ1v) is 9.75. The van der Waals surface area contributed by atoms with Gasteiger partial charge in [0.2, 0.25) is 11.6 Å². The molecular weight excluding hydrogens is 348 g/mol. The first-order chi connectivity index (χ1) is 12.2. The predicted molar refractivity (Wildman–Crippen MR) is 108 cm³/mol. The van der Waals surface area contributed by atoms with Crippen molar-refractivity contribution in [2.75, 3.05) is 0 Å². The molecule has 25 heavy (non-hydrogen) atoms. The van der Waals surface area contributed by atoms with Crippen LogP contribution in [0.5, 0.6) is 0 Å². The second kappa shape index (κ2) is 10.5. The van der Waals surface area contributed by atoms with E-state index in [1.165, 1.54) is 5.56 Å². The van der Waals surface area contributed by atoms with Gasteiger partial charge < -0.3 is 0 Å². The second-order valence-electron chi connectivity index (χ2n) is 5.15.